The molecule has 22 heavy (non-hydrogen) atoms. The summed E-state index contributed by atoms with van der Waals surface area (Å²) in [6, 6.07) is 5.83. The quantitative estimate of drug-likeness (QED) is 0.875. The molecule has 6 heteroatoms. The number of hydrogen-bond donors (Lipinski definition) is 0. The van der Waals surface area contributed by atoms with Crippen molar-refractivity contribution < 1.29 is 8.78 Å². The van der Waals surface area contributed by atoms with E-state index in [1.165, 1.54) is 0 Å². The van der Waals surface area contributed by atoms with Crippen molar-refractivity contribution in [3.8, 4) is 6.07 Å². The van der Waals surface area contributed by atoms with Gasteiger partial charge in [0.1, 0.15) is 5.69 Å². The molecule has 0 atom stereocenters. The predicted molar refractivity (Wildman–Crippen MR) is 78.2 cm³/mol. The second-order valence-electron chi connectivity index (χ2n) is 5.56. The van der Waals surface area contributed by atoms with Crippen LogP contribution in [-0.4, -0.2) is 22.9 Å². The van der Waals surface area contributed by atoms with E-state index in [1.807, 2.05) is 16.9 Å². The van der Waals surface area contributed by atoms with Gasteiger partial charge in [0.2, 0.25) is 0 Å². The summed E-state index contributed by atoms with van der Waals surface area (Å²) in [7, 11) is 0. The molecule has 0 unspecified atom stereocenters. The minimum absolute atomic E-state index is 0.00678. The van der Waals surface area contributed by atoms with E-state index in [2.05, 4.69) is 5.10 Å². The van der Waals surface area contributed by atoms with Crippen LogP contribution >= 0.6 is 0 Å². The highest BCUT2D eigenvalue weighted by Crippen LogP contribution is 2.29. The van der Waals surface area contributed by atoms with E-state index in [-0.39, 0.29) is 11.3 Å². The van der Waals surface area contributed by atoms with E-state index >= 15 is 0 Å². The first kappa shape index (κ1) is 14.5. The maximum Gasteiger partial charge on any atom is 0.150 e. The molecule has 0 saturated carbocycles. The zero-order chi connectivity index (χ0) is 15.5. The number of benzene rings is 1. The second kappa shape index (κ2) is 6.14. The van der Waals surface area contributed by atoms with E-state index in [9.17, 15) is 8.78 Å². The topological polar surface area (TPSA) is 44.9 Å². The average molecular weight is 302 g/mol. The fourth-order valence-corrected chi connectivity index (χ4v) is 2.94. The molecule has 1 fully saturated rings. The third-order valence-corrected chi connectivity index (χ3v) is 4.08. The Hall–Kier alpha value is -2.42. The largest absolute Gasteiger partial charge is 0.367 e. The molecule has 0 N–H and O–H groups in total. The van der Waals surface area contributed by atoms with Crippen LogP contribution < -0.4 is 4.90 Å². The molecule has 1 aromatic carbocycles. The number of piperidine rings is 1. The van der Waals surface area contributed by atoms with Crippen molar-refractivity contribution in [3.63, 3.8) is 0 Å². The van der Waals surface area contributed by atoms with E-state index in [4.69, 9.17) is 5.26 Å². The third kappa shape index (κ3) is 2.93. The van der Waals surface area contributed by atoms with Gasteiger partial charge < -0.3 is 4.90 Å². The summed E-state index contributed by atoms with van der Waals surface area (Å²) >= 11 is 0. The summed E-state index contributed by atoms with van der Waals surface area (Å²) < 4.78 is 30.0. The van der Waals surface area contributed by atoms with E-state index in [1.54, 1.807) is 17.2 Å². The first-order valence-corrected chi connectivity index (χ1v) is 7.29. The van der Waals surface area contributed by atoms with Gasteiger partial charge in [0.15, 0.2) is 11.6 Å². The van der Waals surface area contributed by atoms with Crippen molar-refractivity contribution in [3.05, 3.63) is 47.8 Å². The van der Waals surface area contributed by atoms with Crippen LogP contribution in [0.25, 0.3) is 0 Å². The lowest BCUT2D eigenvalue weighted by Crippen LogP contribution is -2.36. The summed E-state index contributed by atoms with van der Waals surface area (Å²) in [5.74, 6) is -0.871. The van der Waals surface area contributed by atoms with Gasteiger partial charge in [0, 0.05) is 32.0 Å². The highest BCUT2D eigenvalue weighted by Gasteiger charge is 2.24. The number of hydrogen-bond acceptors (Lipinski definition) is 3. The standard InChI is InChI=1S/C16H16F2N4/c17-14-8-13(10-19)9-15(18)16(14)21-6-2-12(3-7-21)11-22-5-1-4-20-22/h1,4-5,8-9,12H,2-3,6-7,11H2. The lowest BCUT2D eigenvalue weighted by Gasteiger charge is -2.34. The molecule has 1 aliphatic rings. The molecule has 0 spiro atoms. The van der Waals surface area contributed by atoms with Gasteiger partial charge >= 0.3 is 0 Å². The van der Waals surface area contributed by atoms with Crippen LogP contribution in [0, 0.1) is 28.9 Å². The SMILES string of the molecule is N#Cc1cc(F)c(N2CCC(Cn3cccn3)CC2)c(F)c1. The molecule has 1 aliphatic heterocycles. The fraction of sp³-hybridized carbons (Fsp3) is 0.375. The lowest BCUT2D eigenvalue weighted by molar-refractivity contribution is 0.339. The van der Waals surface area contributed by atoms with Crippen molar-refractivity contribution in [2.24, 2.45) is 5.92 Å². The number of rotatable bonds is 3. The van der Waals surface area contributed by atoms with Gasteiger partial charge in [-0.2, -0.15) is 10.4 Å². The van der Waals surface area contributed by atoms with Gasteiger partial charge in [-0.25, -0.2) is 8.78 Å². The Morgan fingerprint density at radius 2 is 1.91 bits per heavy atom. The van der Waals surface area contributed by atoms with Crippen molar-refractivity contribution in [2.45, 2.75) is 19.4 Å². The molecular formula is C16H16F2N4. The average Bonchev–Trinajstić information content (AvgIpc) is 3.01. The summed E-state index contributed by atoms with van der Waals surface area (Å²) in [5.41, 5.74) is -0.0103. The third-order valence-electron chi connectivity index (χ3n) is 4.08. The monoisotopic (exact) mass is 302 g/mol. The van der Waals surface area contributed by atoms with Gasteiger partial charge in [-0.05, 0) is 37.0 Å². The highest BCUT2D eigenvalue weighted by molar-refractivity contribution is 5.52. The summed E-state index contributed by atoms with van der Waals surface area (Å²) in [6.45, 7) is 2.04. The molecule has 2 aromatic rings. The van der Waals surface area contributed by atoms with Crippen LogP contribution in [0.5, 0.6) is 0 Å². The Morgan fingerprint density at radius 1 is 1.23 bits per heavy atom. The second-order valence-corrected chi connectivity index (χ2v) is 5.56. The molecule has 1 saturated heterocycles. The highest BCUT2D eigenvalue weighted by atomic mass is 19.1. The van der Waals surface area contributed by atoms with Gasteiger partial charge in [0.25, 0.3) is 0 Å². The van der Waals surface area contributed by atoms with E-state index in [0.29, 0.717) is 19.0 Å². The summed E-state index contributed by atoms with van der Waals surface area (Å²) in [4.78, 5) is 1.73. The Kier molecular flexibility index (Phi) is 4.05. The zero-order valence-corrected chi connectivity index (χ0v) is 12.0. The molecule has 1 aromatic heterocycles. The maximum absolute atomic E-state index is 14.0. The fourth-order valence-electron chi connectivity index (χ4n) is 2.94. The zero-order valence-electron chi connectivity index (χ0n) is 12.0. The molecule has 3 rings (SSSR count). The van der Waals surface area contributed by atoms with Gasteiger partial charge in [-0.3, -0.25) is 4.68 Å². The number of aromatic nitrogens is 2. The number of nitriles is 1. The first-order valence-electron chi connectivity index (χ1n) is 7.29. The van der Waals surface area contributed by atoms with Crippen LogP contribution in [0.4, 0.5) is 14.5 Å². The molecule has 2 heterocycles. The van der Waals surface area contributed by atoms with Crippen molar-refractivity contribution in [1.29, 1.82) is 5.26 Å². The van der Waals surface area contributed by atoms with Gasteiger partial charge in [-0.15, -0.1) is 0 Å². The van der Waals surface area contributed by atoms with Crippen LogP contribution in [0.1, 0.15) is 18.4 Å². The minimum atomic E-state index is -0.665. The molecule has 0 amide bonds. The van der Waals surface area contributed by atoms with Crippen molar-refractivity contribution in [1.82, 2.24) is 9.78 Å². The number of nitrogens with zero attached hydrogens (tertiary/aromatic N) is 4. The van der Waals surface area contributed by atoms with Gasteiger partial charge in [0.05, 0.1) is 11.6 Å². The van der Waals surface area contributed by atoms with Crippen LogP contribution in [0.15, 0.2) is 30.6 Å². The van der Waals surface area contributed by atoms with E-state index < -0.39 is 11.6 Å². The lowest BCUT2D eigenvalue weighted by atomic mass is 9.96. The number of anilines is 1. The smallest absolute Gasteiger partial charge is 0.150 e. The number of halogens is 2. The maximum atomic E-state index is 14.0. The van der Waals surface area contributed by atoms with E-state index in [0.717, 1.165) is 31.5 Å². The molecule has 0 radical (unpaired) electrons. The summed E-state index contributed by atoms with van der Waals surface area (Å²) in [5, 5.41) is 12.9. The van der Waals surface area contributed by atoms with Crippen LogP contribution in [-0.2, 0) is 6.54 Å². The molecular weight excluding hydrogens is 286 g/mol. The Balaban J connectivity index is 1.68. The van der Waals surface area contributed by atoms with Crippen LogP contribution in [0.2, 0.25) is 0 Å². The first-order chi connectivity index (χ1) is 10.7. The Morgan fingerprint density at radius 3 is 2.45 bits per heavy atom. The van der Waals surface area contributed by atoms with Crippen molar-refractivity contribution >= 4 is 5.69 Å². The van der Waals surface area contributed by atoms with Gasteiger partial charge in [-0.1, -0.05) is 0 Å². The summed E-state index contributed by atoms with van der Waals surface area (Å²) in [6.07, 6.45) is 5.39. The molecule has 0 aliphatic carbocycles. The normalized spacial score (nSPS) is 15.8. The van der Waals surface area contributed by atoms with Crippen LogP contribution in [0.3, 0.4) is 0 Å². The Bertz CT molecular complexity index is 660. The molecule has 0 bridgehead atoms. The molecule has 4 nitrogen and oxygen atoms in total. The Labute approximate surface area is 127 Å². The minimum Gasteiger partial charge on any atom is -0.367 e. The predicted octanol–water partition coefficient (Wildman–Crippen LogP) is 2.95. The van der Waals surface area contributed by atoms with Crippen molar-refractivity contribution in [2.75, 3.05) is 18.0 Å². The molecule has 114 valence electrons.